The molecule has 6 nitrogen and oxygen atoms in total. The Morgan fingerprint density at radius 1 is 1.50 bits per heavy atom. The summed E-state index contributed by atoms with van der Waals surface area (Å²) in [5, 5.41) is 16.3. The van der Waals surface area contributed by atoms with Crippen LogP contribution in [0, 0.1) is 17.0 Å². The predicted molar refractivity (Wildman–Crippen MR) is 70.0 cm³/mol. The maximum absolute atomic E-state index is 11.0. The van der Waals surface area contributed by atoms with Crippen molar-refractivity contribution >= 4 is 28.9 Å². The Morgan fingerprint density at radius 2 is 2.17 bits per heavy atom. The van der Waals surface area contributed by atoms with Crippen LogP contribution >= 0.6 is 11.6 Å². The topological polar surface area (TPSA) is 84.3 Å². The highest BCUT2D eigenvalue weighted by Crippen LogP contribution is 2.30. The van der Waals surface area contributed by atoms with Gasteiger partial charge in [0.1, 0.15) is 5.02 Å². The molecule has 2 N–H and O–H groups in total. The highest BCUT2D eigenvalue weighted by molar-refractivity contribution is 6.33. The number of nitrogens with zero attached hydrogens (tertiary/aromatic N) is 1. The molecule has 0 unspecified atom stereocenters. The van der Waals surface area contributed by atoms with Crippen LogP contribution in [-0.2, 0) is 4.79 Å². The van der Waals surface area contributed by atoms with Gasteiger partial charge >= 0.3 is 0 Å². The van der Waals surface area contributed by atoms with Crippen molar-refractivity contribution in [2.75, 3.05) is 18.9 Å². The third-order valence-corrected chi connectivity index (χ3v) is 2.74. The minimum absolute atomic E-state index is 0.0758. The number of aryl methyl sites for hydroxylation is 1. The largest absolute Gasteiger partial charge is 0.384 e. The van der Waals surface area contributed by atoms with Crippen LogP contribution in [0.15, 0.2) is 12.1 Å². The fourth-order valence-electron chi connectivity index (χ4n) is 1.43. The van der Waals surface area contributed by atoms with Crippen molar-refractivity contribution in [3.8, 4) is 0 Å². The summed E-state index contributed by atoms with van der Waals surface area (Å²) in [6, 6.07) is 2.91. The summed E-state index contributed by atoms with van der Waals surface area (Å²) >= 11 is 5.80. The minimum Gasteiger partial charge on any atom is -0.384 e. The first-order valence-electron chi connectivity index (χ1n) is 5.34. The second-order valence-corrected chi connectivity index (χ2v) is 4.13. The van der Waals surface area contributed by atoms with Gasteiger partial charge in [-0.3, -0.25) is 14.9 Å². The van der Waals surface area contributed by atoms with Gasteiger partial charge < -0.3 is 10.6 Å². The van der Waals surface area contributed by atoms with Crippen molar-refractivity contribution in [3.63, 3.8) is 0 Å². The maximum Gasteiger partial charge on any atom is 0.288 e. The fraction of sp³-hybridized carbons (Fsp3) is 0.364. The van der Waals surface area contributed by atoms with E-state index in [1.807, 2.05) is 0 Å². The summed E-state index contributed by atoms with van der Waals surface area (Å²) in [5.74, 6) is -0.0758. The number of nitrogens with one attached hydrogen (secondary N) is 2. The molecule has 18 heavy (non-hydrogen) atoms. The number of rotatable bonds is 5. The molecule has 0 aliphatic rings. The molecule has 1 amide bonds. The number of hydrogen-bond acceptors (Lipinski definition) is 4. The fourth-order valence-corrected chi connectivity index (χ4v) is 1.67. The third kappa shape index (κ3) is 3.59. The number of nitro groups is 1. The second-order valence-electron chi connectivity index (χ2n) is 3.73. The first kappa shape index (κ1) is 14.2. The lowest BCUT2D eigenvalue weighted by Gasteiger charge is -2.09. The van der Waals surface area contributed by atoms with E-state index >= 15 is 0 Å². The third-order valence-electron chi connectivity index (χ3n) is 2.44. The van der Waals surface area contributed by atoms with Crippen LogP contribution in [0.1, 0.15) is 12.0 Å². The van der Waals surface area contributed by atoms with Crippen molar-refractivity contribution in [1.29, 1.82) is 0 Å². The zero-order chi connectivity index (χ0) is 13.7. The van der Waals surface area contributed by atoms with Crippen LogP contribution in [-0.4, -0.2) is 24.4 Å². The molecule has 0 heterocycles. The van der Waals surface area contributed by atoms with E-state index in [4.69, 9.17) is 11.6 Å². The molecule has 0 aromatic heterocycles. The normalized spacial score (nSPS) is 9.94. The number of benzene rings is 1. The number of amides is 1. The molecule has 1 aromatic rings. The molecule has 0 spiro atoms. The van der Waals surface area contributed by atoms with Crippen LogP contribution in [0.4, 0.5) is 11.4 Å². The van der Waals surface area contributed by atoms with Crippen molar-refractivity contribution < 1.29 is 9.72 Å². The number of anilines is 1. The number of carbonyl (C=O) groups is 1. The summed E-state index contributed by atoms with van der Waals surface area (Å²) in [5.41, 5.74) is 1.28. The van der Waals surface area contributed by atoms with E-state index in [9.17, 15) is 14.9 Å². The van der Waals surface area contributed by atoms with Crippen LogP contribution in [0.3, 0.4) is 0 Å². The Balaban J connectivity index is 2.76. The number of carbonyl (C=O) groups excluding carboxylic acids is 1. The first-order chi connectivity index (χ1) is 8.45. The smallest absolute Gasteiger partial charge is 0.288 e. The van der Waals surface area contributed by atoms with Crippen LogP contribution in [0.5, 0.6) is 0 Å². The molecule has 0 radical (unpaired) electrons. The van der Waals surface area contributed by atoms with Crippen LogP contribution < -0.4 is 10.6 Å². The highest BCUT2D eigenvalue weighted by atomic mass is 35.5. The molecule has 0 aliphatic carbocycles. The monoisotopic (exact) mass is 271 g/mol. The van der Waals surface area contributed by atoms with E-state index < -0.39 is 4.92 Å². The quantitative estimate of drug-likeness (QED) is 0.634. The van der Waals surface area contributed by atoms with Gasteiger partial charge in [-0.1, -0.05) is 11.6 Å². The average Bonchev–Trinajstić information content (AvgIpc) is 2.32. The van der Waals surface area contributed by atoms with Crippen molar-refractivity contribution in [3.05, 3.63) is 32.8 Å². The standard InChI is InChI=1S/C11H14ClN3O3/c1-7-5-10(15(17)18)8(12)6-9(7)14-4-3-11(16)13-2/h5-6,14H,3-4H2,1-2H3,(H,13,16). The summed E-state index contributed by atoms with van der Waals surface area (Å²) in [6.45, 7) is 2.18. The Hall–Kier alpha value is -1.82. The van der Waals surface area contributed by atoms with E-state index in [0.29, 0.717) is 24.2 Å². The van der Waals surface area contributed by atoms with Gasteiger partial charge in [0.15, 0.2) is 0 Å². The van der Waals surface area contributed by atoms with Gasteiger partial charge in [0.2, 0.25) is 5.91 Å². The molecule has 1 rings (SSSR count). The summed E-state index contributed by atoms with van der Waals surface area (Å²) in [7, 11) is 1.57. The zero-order valence-electron chi connectivity index (χ0n) is 10.1. The van der Waals surface area contributed by atoms with Crippen LogP contribution in [0.25, 0.3) is 0 Å². The van der Waals surface area contributed by atoms with E-state index in [1.165, 1.54) is 12.1 Å². The molecule has 7 heteroatoms. The lowest BCUT2D eigenvalue weighted by atomic mass is 10.1. The van der Waals surface area contributed by atoms with Gasteiger partial charge in [0.05, 0.1) is 4.92 Å². The lowest BCUT2D eigenvalue weighted by Crippen LogP contribution is -2.20. The van der Waals surface area contributed by atoms with E-state index in [2.05, 4.69) is 10.6 Å². The molecule has 98 valence electrons. The summed E-state index contributed by atoms with van der Waals surface area (Å²) < 4.78 is 0. The molecule has 0 fully saturated rings. The molecule has 0 saturated carbocycles. The lowest BCUT2D eigenvalue weighted by molar-refractivity contribution is -0.384. The molecular formula is C11H14ClN3O3. The van der Waals surface area contributed by atoms with Crippen molar-refractivity contribution in [2.24, 2.45) is 0 Å². The van der Waals surface area contributed by atoms with E-state index in [0.717, 1.165) is 0 Å². The summed E-state index contributed by atoms with van der Waals surface area (Å²) in [6.07, 6.45) is 0.324. The van der Waals surface area contributed by atoms with Gasteiger partial charge in [-0.05, 0) is 18.6 Å². The van der Waals surface area contributed by atoms with Gasteiger partial charge in [0.25, 0.3) is 5.69 Å². The SMILES string of the molecule is CNC(=O)CCNc1cc(Cl)c([N+](=O)[O-])cc1C. The zero-order valence-corrected chi connectivity index (χ0v) is 10.9. The second kappa shape index (κ2) is 6.20. The Bertz CT molecular complexity index is 477. The van der Waals surface area contributed by atoms with Gasteiger partial charge in [-0.25, -0.2) is 0 Å². The molecular weight excluding hydrogens is 258 g/mol. The highest BCUT2D eigenvalue weighted by Gasteiger charge is 2.14. The predicted octanol–water partition coefficient (Wildman–Crippen LogP) is 2.10. The molecule has 1 aromatic carbocycles. The number of nitro benzene ring substituents is 1. The Labute approximate surface area is 109 Å². The van der Waals surface area contributed by atoms with Crippen molar-refractivity contribution in [2.45, 2.75) is 13.3 Å². The molecule has 0 atom stereocenters. The number of halogens is 1. The van der Waals surface area contributed by atoms with Gasteiger partial charge in [-0.2, -0.15) is 0 Å². The molecule has 0 saturated heterocycles. The van der Waals surface area contributed by atoms with E-state index in [1.54, 1.807) is 14.0 Å². The number of hydrogen-bond donors (Lipinski definition) is 2. The maximum atomic E-state index is 11.0. The minimum atomic E-state index is -0.524. The van der Waals surface area contributed by atoms with Gasteiger partial charge in [0, 0.05) is 31.8 Å². The van der Waals surface area contributed by atoms with Crippen molar-refractivity contribution in [1.82, 2.24) is 5.32 Å². The van der Waals surface area contributed by atoms with E-state index in [-0.39, 0.29) is 16.6 Å². The molecule has 0 aliphatic heterocycles. The van der Waals surface area contributed by atoms with Gasteiger partial charge in [-0.15, -0.1) is 0 Å². The van der Waals surface area contributed by atoms with Crippen LogP contribution in [0.2, 0.25) is 5.02 Å². The first-order valence-corrected chi connectivity index (χ1v) is 5.72. The summed E-state index contributed by atoms with van der Waals surface area (Å²) in [4.78, 5) is 21.2. The average molecular weight is 272 g/mol. The Kier molecular flexibility index (Phi) is 4.91. The Morgan fingerprint density at radius 3 is 2.72 bits per heavy atom. The molecule has 0 bridgehead atoms.